The van der Waals surface area contributed by atoms with Gasteiger partial charge in [0.25, 0.3) is 0 Å². The summed E-state index contributed by atoms with van der Waals surface area (Å²) in [6, 6.07) is 7.58. The average molecular weight is 214 g/mol. The SMILES string of the molecule is CC(=O)c1ccccc1-n1cnc(C)c1C. The smallest absolute Gasteiger partial charge is 0.161 e. The molecule has 0 spiro atoms. The van der Waals surface area contributed by atoms with Crippen LogP contribution < -0.4 is 0 Å². The Kier molecular flexibility index (Phi) is 2.60. The number of aromatic nitrogens is 2. The Labute approximate surface area is 94.7 Å². The highest BCUT2D eigenvalue weighted by Gasteiger charge is 2.10. The van der Waals surface area contributed by atoms with Crippen LogP contribution in [0.25, 0.3) is 5.69 Å². The summed E-state index contributed by atoms with van der Waals surface area (Å²) >= 11 is 0. The van der Waals surface area contributed by atoms with Crippen LogP contribution >= 0.6 is 0 Å². The number of Topliss-reactive ketones (excluding diaryl/α,β-unsaturated/α-hetero) is 1. The second-order valence-electron chi connectivity index (χ2n) is 3.86. The summed E-state index contributed by atoms with van der Waals surface area (Å²) in [5, 5.41) is 0. The molecular formula is C13H14N2O. The van der Waals surface area contributed by atoms with Crippen LogP contribution in [-0.2, 0) is 0 Å². The third-order valence-corrected chi connectivity index (χ3v) is 2.79. The lowest BCUT2D eigenvalue weighted by molar-refractivity contribution is 0.101. The van der Waals surface area contributed by atoms with Crippen LogP contribution in [0.4, 0.5) is 0 Å². The number of para-hydroxylation sites is 1. The van der Waals surface area contributed by atoms with Crippen molar-refractivity contribution in [3.05, 3.63) is 47.5 Å². The van der Waals surface area contributed by atoms with Gasteiger partial charge in [-0.25, -0.2) is 4.98 Å². The molecule has 0 saturated heterocycles. The highest BCUT2D eigenvalue weighted by molar-refractivity contribution is 5.97. The minimum Gasteiger partial charge on any atom is -0.303 e. The Bertz CT molecular complexity index is 541. The van der Waals surface area contributed by atoms with Crippen molar-refractivity contribution in [3.8, 4) is 5.69 Å². The van der Waals surface area contributed by atoms with Crippen molar-refractivity contribution >= 4 is 5.78 Å². The summed E-state index contributed by atoms with van der Waals surface area (Å²) in [4.78, 5) is 15.8. The number of benzene rings is 1. The molecule has 0 radical (unpaired) electrons. The van der Waals surface area contributed by atoms with Crippen LogP contribution in [-0.4, -0.2) is 15.3 Å². The van der Waals surface area contributed by atoms with Crippen LogP contribution in [0.3, 0.4) is 0 Å². The summed E-state index contributed by atoms with van der Waals surface area (Å²) < 4.78 is 1.95. The molecule has 0 unspecified atom stereocenters. The van der Waals surface area contributed by atoms with E-state index in [9.17, 15) is 4.79 Å². The summed E-state index contributed by atoms with van der Waals surface area (Å²) in [6.45, 7) is 5.54. The number of hydrogen-bond acceptors (Lipinski definition) is 2. The van der Waals surface area contributed by atoms with E-state index in [0.717, 1.165) is 22.6 Å². The van der Waals surface area contributed by atoms with Gasteiger partial charge in [0, 0.05) is 11.3 Å². The lowest BCUT2D eigenvalue weighted by atomic mass is 10.1. The minimum absolute atomic E-state index is 0.0707. The Morgan fingerprint density at radius 2 is 1.94 bits per heavy atom. The van der Waals surface area contributed by atoms with Gasteiger partial charge in [0.05, 0.1) is 17.7 Å². The first-order valence-electron chi connectivity index (χ1n) is 5.22. The molecule has 16 heavy (non-hydrogen) atoms. The molecule has 0 N–H and O–H groups in total. The largest absolute Gasteiger partial charge is 0.303 e. The zero-order valence-electron chi connectivity index (χ0n) is 9.69. The van der Waals surface area contributed by atoms with E-state index in [2.05, 4.69) is 4.98 Å². The van der Waals surface area contributed by atoms with E-state index in [1.165, 1.54) is 0 Å². The van der Waals surface area contributed by atoms with E-state index in [-0.39, 0.29) is 5.78 Å². The molecule has 1 aromatic carbocycles. The van der Waals surface area contributed by atoms with E-state index in [0.29, 0.717) is 0 Å². The molecule has 82 valence electrons. The number of hydrogen-bond donors (Lipinski definition) is 0. The van der Waals surface area contributed by atoms with Crippen LogP contribution in [0.15, 0.2) is 30.6 Å². The normalized spacial score (nSPS) is 10.4. The third-order valence-electron chi connectivity index (χ3n) is 2.79. The highest BCUT2D eigenvalue weighted by atomic mass is 16.1. The number of imidazole rings is 1. The molecule has 0 saturated carbocycles. The summed E-state index contributed by atoms with van der Waals surface area (Å²) in [6.07, 6.45) is 1.76. The second kappa shape index (κ2) is 3.93. The fourth-order valence-corrected chi connectivity index (χ4v) is 1.72. The van der Waals surface area contributed by atoms with Crippen molar-refractivity contribution in [2.24, 2.45) is 0 Å². The van der Waals surface area contributed by atoms with Gasteiger partial charge in [-0.1, -0.05) is 12.1 Å². The number of rotatable bonds is 2. The Morgan fingerprint density at radius 3 is 2.50 bits per heavy atom. The summed E-state index contributed by atoms with van der Waals surface area (Å²) in [5.74, 6) is 0.0707. The topological polar surface area (TPSA) is 34.9 Å². The van der Waals surface area contributed by atoms with Crippen LogP contribution in [0.5, 0.6) is 0 Å². The van der Waals surface area contributed by atoms with Gasteiger partial charge in [-0.15, -0.1) is 0 Å². The maximum absolute atomic E-state index is 11.5. The molecule has 1 heterocycles. The maximum Gasteiger partial charge on any atom is 0.161 e. The number of carbonyl (C=O) groups excluding carboxylic acids is 1. The van der Waals surface area contributed by atoms with Gasteiger partial charge in [0.2, 0.25) is 0 Å². The van der Waals surface area contributed by atoms with Crippen molar-refractivity contribution < 1.29 is 4.79 Å². The van der Waals surface area contributed by atoms with E-state index in [1.807, 2.05) is 42.7 Å². The molecule has 0 bridgehead atoms. The first-order valence-corrected chi connectivity index (χ1v) is 5.22. The van der Waals surface area contributed by atoms with Gasteiger partial charge in [-0.2, -0.15) is 0 Å². The van der Waals surface area contributed by atoms with Gasteiger partial charge in [-0.05, 0) is 32.9 Å². The molecule has 0 amide bonds. The molecule has 3 nitrogen and oxygen atoms in total. The van der Waals surface area contributed by atoms with Gasteiger partial charge in [0.1, 0.15) is 0 Å². The van der Waals surface area contributed by atoms with E-state index < -0.39 is 0 Å². The molecule has 2 aromatic rings. The zero-order valence-corrected chi connectivity index (χ0v) is 9.69. The van der Waals surface area contributed by atoms with Gasteiger partial charge in [0.15, 0.2) is 5.78 Å². The first-order chi connectivity index (χ1) is 7.61. The lowest BCUT2D eigenvalue weighted by Crippen LogP contribution is -2.03. The fraction of sp³-hybridized carbons (Fsp3) is 0.231. The van der Waals surface area contributed by atoms with Crippen LogP contribution in [0, 0.1) is 13.8 Å². The molecule has 0 atom stereocenters. The van der Waals surface area contributed by atoms with Crippen LogP contribution in [0.2, 0.25) is 0 Å². The third kappa shape index (κ3) is 1.65. The molecule has 2 rings (SSSR count). The minimum atomic E-state index is 0.0707. The van der Waals surface area contributed by atoms with Crippen molar-refractivity contribution in [1.29, 1.82) is 0 Å². The van der Waals surface area contributed by atoms with Crippen molar-refractivity contribution in [2.45, 2.75) is 20.8 Å². The monoisotopic (exact) mass is 214 g/mol. The van der Waals surface area contributed by atoms with Gasteiger partial charge >= 0.3 is 0 Å². The second-order valence-corrected chi connectivity index (χ2v) is 3.86. The first kappa shape index (κ1) is 10.6. The van der Waals surface area contributed by atoms with E-state index >= 15 is 0 Å². The van der Waals surface area contributed by atoms with Crippen molar-refractivity contribution in [3.63, 3.8) is 0 Å². The van der Waals surface area contributed by atoms with Crippen LogP contribution in [0.1, 0.15) is 28.7 Å². The molecule has 0 aliphatic heterocycles. The number of nitrogens with zero attached hydrogens (tertiary/aromatic N) is 2. The number of ketones is 1. The standard InChI is InChI=1S/C13H14N2O/c1-9-10(2)15(8-14-9)13-7-5-4-6-12(13)11(3)16/h4-8H,1-3H3. The Hall–Kier alpha value is -1.90. The van der Waals surface area contributed by atoms with Crippen molar-refractivity contribution in [1.82, 2.24) is 9.55 Å². The van der Waals surface area contributed by atoms with E-state index in [1.54, 1.807) is 13.3 Å². The summed E-state index contributed by atoms with van der Waals surface area (Å²) in [5.41, 5.74) is 3.67. The van der Waals surface area contributed by atoms with Gasteiger partial charge < -0.3 is 4.57 Å². The lowest BCUT2D eigenvalue weighted by Gasteiger charge is -2.09. The number of carbonyl (C=O) groups is 1. The molecule has 0 aliphatic rings. The highest BCUT2D eigenvalue weighted by Crippen LogP contribution is 2.18. The number of aryl methyl sites for hydroxylation is 1. The quantitative estimate of drug-likeness (QED) is 0.720. The Balaban J connectivity index is 2.64. The summed E-state index contributed by atoms with van der Waals surface area (Å²) in [7, 11) is 0. The molecular weight excluding hydrogens is 200 g/mol. The molecule has 3 heteroatoms. The Morgan fingerprint density at radius 1 is 1.25 bits per heavy atom. The fourth-order valence-electron chi connectivity index (χ4n) is 1.72. The molecule has 0 fully saturated rings. The predicted molar refractivity (Wildman–Crippen MR) is 63.0 cm³/mol. The van der Waals surface area contributed by atoms with Crippen molar-refractivity contribution in [2.75, 3.05) is 0 Å². The molecule has 0 aliphatic carbocycles. The zero-order chi connectivity index (χ0) is 11.7. The van der Waals surface area contributed by atoms with Gasteiger partial charge in [-0.3, -0.25) is 4.79 Å². The average Bonchev–Trinajstić information content (AvgIpc) is 2.60. The van der Waals surface area contributed by atoms with E-state index in [4.69, 9.17) is 0 Å². The maximum atomic E-state index is 11.5. The molecule has 1 aromatic heterocycles. The predicted octanol–water partition coefficient (Wildman–Crippen LogP) is 2.69.